The lowest BCUT2D eigenvalue weighted by atomic mass is 10.1. The van der Waals surface area contributed by atoms with Gasteiger partial charge in [-0.15, -0.1) is 0 Å². The summed E-state index contributed by atoms with van der Waals surface area (Å²) in [7, 11) is 0. The van der Waals surface area contributed by atoms with Crippen LogP contribution in [-0.2, 0) is 0 Å². The van der Waals surface area contributed by atoms with Crippen LogP contribution in [0.2, 0.25) is 0 Å². The second kappa shape index (κ2) is 4.80. The number of benzene rings is 2. The van der Waals surface area contributed by atoms with Crippen molar-refractivity contribution in [1.29, 1.82) is 5.26 Å². The molecule has 0 aliphatic carbocycles. The summed E-state index contributed by atoms with van der Waals surface area (Å²) in [5.41, 5.74) is 11.3. The first-order valence-corrected chi connectivity index (χ1v) is 5.74. The molecule has 0 radical (unpaired) electrons. The predicted molar refractivity (Wildman–Crippen MR) is 74.8 cm³/mol. The maximum atomic E-state index is 8.92. The van der Waals surface area contributed by atoms with Crippen LogP contribution in [0.3, 0.4) is 0 Å². The molecule has 0 fully saturated rings. The number of aryl methyl sites for hydroxylation is 2. The van der Waals surface area contributed by atoms with Crippen molar-refractivity contribution >= 4 is 17.1 Å². The van der Waals surface area contributed by atoms with Gasteiger partial charge in [0.05, 0.1) is 11.6 Å². The summed E-state index contributed by atoms with van der Waals surface area (Å²) in [6.07, 6.45) is 0. The molecule has 2 aromatic carbocycles. The molecular weight excluding hydrogens is 222 g/mol. The van der Waals surface area contributed by atoms with Crippen LogP contribution in [0, 0.1) is 25.2 Å². The van der Waals surface area contributed by atoms with E-state index in [0.717, 1.165) is 28.2 Å². The average molecular weight is 237 g/mol. The SMILES string of the molecule is Cc1ccc(N)cc1Nc1cc(C#N)ccc1C. The maximum Gasteiger partial charge on any atom is 0.0992 e. The van der Waals surface area contributed by atoms with Crippen molar-refractivity contribution in [2.75, 3.05) is 11.1 Å². The summed E-state index contributed by atoms with van der Waals surface area (Å²) in [6.45, 7) is 4.02. The van der Waals surface area contributed by atoms with E-state index in [4.69, 9.17) is 11.0 Å². The van der Waals surface area contributed by atoms with Gasteiger partial charge in [-0.3, -0.25) is 0 Å². The predicted octanol–water partition coefficient (Wildman–Crippen LogP) is 3.50. The number of anilines is 3. The highest BCUT2D eigenvalue weighted by Gasteiger charge is 2.03. The van der Waals surface area contributed by atoms with Crippen LogP contribution in [0.1, 0.15) is 16.7 Å². The Morgan fingerprint density at radius 1 is 1.00 bits per heavy atom. The number of nitrogens with one attached hydrogen (secondary N) is 1. The molecule has 0 saturated heterocycles. The summed E-state index contributed by atoms with van der Waals surface area (Å²) in [5.74, 6) is 0. The monoisotopic (exact) mass is 237 g/mol. The number of rotatable bonds is 2. The van der Waals surface area contributed by atoms with Crippen molar-refractivity contribution in [3.05, 3.63) is 53.1 Å². The van der Waals surface area contributed by atoms with E-state index in [-0.39, 0.29) is 0 Å². The fourth-order valence-corrected chi connectivity index (χ4v) is 1.75. The molecule has 2 aromatic rings. The zero-order chi connectivity index (χ0) is 13.1. The molecule has 90 valence electrons. The molecule has 0 amide bonds. The molecule has 3 heteroatoms. The lowest BCUT2D eigenvalue weighted by Gasteiger charge is -2.13. The van der Waals surface area contributed by atoms with E-state index in [1.165, 1.54) is 0 Å². The van der Waals surface area contributed by atoms with Crippen LogP contribution < -0.4 is 11.1 Å². The smallest absolute Gasteiger partial charge is 0.0992 e. The van der Waals surface area contributed by atoms with Crippen LogP contribution in [0.4, 0.5) is 17.1 Å². The third kappa shape index (κ3) is 2.44. The zero-order valence-electron chi connectivity index (χ0n) is 10.5. The molecule has 2 rings (SSSR count). The van der Waals surface area contributed by atoms with Crippen molar-refractivity contribution in [2.24, 2.45) is 0 Å². The highest BCUT2D eigenvalue weighted by Crippen LogP contribution is 2.25. The quantitative estimate of drug-likeness (QED) is 0.786. The van der Waals surface area contributed by atoms with Gasteiger partial charge in [-0.1, -0.05) is 12.1 Å². The molecule has 0 aliphatic rings. The number of nitrogen functional groups attached to an aromatic ring is 1. The molecule has 0 spiro atoms. The molecule has 0 unspecified atom stereocenters. The molecule has 0 atom stereocenters. The Hall–Kier alpha value is -2.47. The first kappa shape index (κ1) is 12.0. The number of nitrogens with zero attached hydrogens (tertiary/aromatic N) is 1. The average Bonchev–Trinajstić information content (AvgIpc) is 2.36. The molecule has 0 aromatic heterocycles. The fraction of sp³-hybridized carbons (Fsp3) is 0.133. The van der Waals surface area contributed by atoms with Crippen LogP contribution in [0.5, 0.6) is 0 Å². The Balaban J connectivity index is 2.39. The molecule has 0 bridgehead atoms. The standard InChI is InChI=1S/C15H15N3/c1-10-3-5-12(9-16)7-14(10)18-15-8-13(17)6-4-11(15)2/h3-8,18H,17H2,1-2H3. The number of hydrogen-bond acceptors (Lipinski definition) is 3. The Morgan fingerprint density at radius 3 is 2.28 bits per heavy atom. The Kier molecular flexibility index (Phi) is 3.20. The Labute approximate surface area is 107 Å². The second-order valence-electron chi connectivity index (χ2n) is 4.34. The van der Waals surface area contributed by atoms with Crippen LogP contribution in [0.25, 0.3) is 0 Å². The lowest BCUT2D eigenvalue weighted by Crippen LogP contribution is -1.97. The van der Waals surface area contributed by atoms with Gasteiger partial charge in [0.2, 0.25) is 0 Å². The maximum absolute atomic E-state index is 8.92. The highest BCUT2D eigenvalue weighted by molar-refractivity contribution is 5.69. The topological polar surface area (TPSA) is 61.8 Å². The van der Waals surface area contributed by atoms with Crippen molar-refractivity contribution in [3.8, 4) is 6.07 Å². The summed E-state index contributed by atoms with van der Waals surface area (Å²) >= 11 is 0. The molecular formula is C15H15N3. The van der Waals surface area contributed by atoms with E-state index in [0.29, 0.717) is 5.56 Å². The van der Waals surface area contributed by atoms with Crippen molar-refractivity contribution < 1.29 is 0 Å². The Morgan fingerprint density at radius 2 is 1.61 bits per heavy atom. The van der Waals surface area contributed by atoms with E-state index >= 15 is 0 Å². The number of nitriles is 1. The van der Waals surface area contributed by atoms with E-state index in [9.17, 15) is 0 Å². The van der Waals surface area contributed by atoms with Crippen LogP contribution in [-0.4, -0.2) is 0 Å². The van der Waals surface area contributed by atoms with Gasteiger partial charge in [0.25, 0.3) is 0 Å². The third-order valence-corrected chi connectivity index (χ3v) is 2.90. The fourth-order valence-electron chi connectivity index (χ4n) is 1.75. The zero-order valence-corrected chi connectivity index (χ0v) is 10.5. The largest absolute Gasteiger partial charge is 0.399 e. The molecule has 3 nitrogen and oxygen atoms in total. The molecule has 0 heterocycles. The normalized spacial score (nSPS) is 9.83. The minimum atomic E-state index is 0.643. The van der Waals surface area contributed by atoms with Gasteiger partial charge in [-0.25, -0.2) is 0 Å². The van der Waals surface area contributed by atoms with Gasteiger partial charge in [-0.05, 0) is 49.2 Å². The van der Waals surface area contributed by atoms with Gasteiger partial charge >= 0.3 is 0 Å². The molecule has 3 N–H and O–H groups in total. The van der Waals surface area contributed by atoms with E-state index < -0.39 is 0 Å². The summed E-state index contributed by atoms with van der Waals surface area (Å²) in [5, 5.41) is 12.2. The van der Waals surface area contributed by atoms with Crippen LogP contribution in [0.15, 0.2) is 36.4 Å². The van der Waals surface area contributed by atoms with Gasteiger partial charge in [-0.2, -0.15) is 5.26 Å². The molecule has 0 aliphatic heterocycles. The minimum Gasteiger partial charge on any atom is -0.399 e. The van der Waals surface area contributed by atoms with Gasteiger partial charge in [0, 0.05) is 17.1 Å². The van der Waals surface area contributed by atoms with E-state index in [2.05, 4.69) is 11.4 Å². The van der Waals surface area contributed by atoms with Gasteiger partial charge in [0.15, 0.2) is 0 Å². The first-order chi connectivity index (χ1) is 8.60. The van der Waals surface area contributed by atoms with Crippen molar-refractivity contribution in [2.45, 2.75) is 13.8 Å². The minimum absolute atomic E-state index is 0.643. The van der Waals surface area contributed by atoms with Gasteiger partial charge < -0.3 is 11.1 Å². The Bertz CT molecular complexity index is 624. The van der Waals surface area contributed by atoms with E-state index in [1.54, 1.807) is 0 Å². The number of hydrogen-bond donors (Lipinski definition) is 2. The van der Waals surface area contributed by atoms with Gasteiger partial charge in [0.1, 0.15) is 0 Å². The molecule has 18 heavy (non-hydrogen) atoms. The lowest BCUT2D eigenvalue weighted by molar-refractivity contribution is 1.38. The third-order valence-electron chi connectivity index (χ3n) is 2.90. The first-order valence-electron chi connectivity index (χ1n) is 5.74. The van der Waals surface area contributed by atoms with Crippen LogP contribution >= 0.6 is 0 Å². The van der Waals surface area contributed by atoms with E-state index in [1.807, 2.05) is 50.2 Å². The highest BCUT2D eigenvalue weighted by atomic mass is 14.9. The van der Waals surface area contributed by atoms with Crippen molar-refractivity contribution in [1.82, 2.24) is 0 Å². The number of nitrogens with two attached hydrogens (primary N) is 1. The molecule has 0 saturated carbocycles. The summed E-state index contributed by atoms with van der Waals surface area (Å²) in [4.78, 5) is 0. The second-order valence-corrected chi connectivity index (χ2v) is 4.34. The summed E-state index contributed by atoms with van der Waals surface area (Å²) in [6, 6.07) is 13.5. The van der Waals surface area contributed by atoms with Crippen molar-refractivity contribution in [3.63, 3.8) is 0 Å². The summed E-state index contributed by atoms with van der Waals surface area (Å²) < 4.78 is 0.